The van der Waals surface area contributed by atoms with Crippen LogP contribution in [0.15, 0.2) is 36.4 Å². The Balaban J connectivity index is 2.44. The molecule has 0 aliphatic carbocycles. The summed E-state index contributed by atoms with van der Waals surface area (Å²) in [5.41, 5.74) is 11.1. The Morgan fingerprint density at radius 1 is 1.05 bits per heavy atom. The number of aryl methyl sites for hydroxylation is 2. The van der Waals surface area contributed by atoms with Gasteiger partial charge in [0.1, 0.15) is 5.75 Å². The molecule has 0 bridgehead atoms. The normalized spacial score (nSPS) is 10.3. The highest BCUT2D eigenvalue weighted by Crippen LogP contribution is 2.32. The van der Waals surface area contributed by atoms with Crippen LogP contribution in [0.1, 0.15) is 11.1 Å². The second-order valence-electron chi connectivity index (χ2n) is 4.76. The molecule has 0 saturated heterocycles. The van der Waals surface area contributed by atoms with Crippen LogP contribution < -0.4 is 15.4 Å². The molecule has 0 saturated carbocycles. The lowest BCUT2D eigenvalue weighted by Gasteiger charge is -2.23. The van der Waals surface area contributed by atoms with Crippen LogP contribution in [0.4, 0.5) is 17.1 Å². The van der Waals surface area contributed by atoms with E-state index in [1.54, 1.807) is 7.11 Å². The number of ether oxygens (including phenoxy) is 1. The molecule has 2 rings (SSSR count). The summed E-state index contributed by atoms with van der Waals surface area (Å²) >= 11 is 0. The fraction of sp³-hybridized carbons (Fsp3) is 0.250. The molecule has 0 aliphatic heterocycles. The lowest BCUT2D eigenvalue weighted by Crippen LogP contribution is -2.11. The first kappa shape index (κ1) is 13.3. The molecule has 0 radical (unpaired) electrons. The number of anilines is 3. The predicted molar refractivity (Wildman–Crippen MR) is 81.4 cm³/mol. The molecule has 2 aromatic rings. The van der Waals surface area contributed by atoms with Crippen LogP contribution in [0.25, 0.3) is 0 Å². The summed E-state index contributed by atoms with van der Waals surface area (Å²) in [6.45, 7) is 4.13. The number of hydrogen-bond acceptors (Lipinski definition) is 3. The third-order valence-electron chi connectivity index (χ3n) is 3.33. The minimum absolute atomic E-state index is 0.771. The zero-order valence-corrected chi connectivity index (χ0v) is 11.9. The third kappa shape index (κ3) is 2.65. The highest BCUT2D eigenvalue weighted by atomic mass is 16.5. The van der Waals surface area contributed by atoms with Crippen LogP contribution in [-0.2, 0) is 0 Å². The average Bonchev–Trinajstić information content (AvgIpc) is 2.40. The maximum absolute atomic E-state index is 5.84. The summed E-state index contributed by atoms with van der Waals surface area (Å²) in [6, 6.07) is 12.1. The highest BCUT2D eigenvalue weighted by Gasteiger charge is 2.10. The van der Waals surface area contributed by atoms with Gasteiger partial charge in [-0.05, 0) is 55.3 Å². The van der Waals surface area contributed by atoms with E-state index in [1.807, 2.05) is 25.2 Å². The third-order valence-corrected chi connectivity index (χ3v) is 3.33. The number of benzene rings is 2. The minimum atomic E-state index is 0.771. The van der Waals surface area contributed by atoms with Crippen molar-refractivity contribution in [3.05, 3.63) is 47.5 Å². The van der Waals surface area contributed by atoms with Gasteiger partial charge in [-0.2, -0.15) is 0 Å². The summed E-state index contributed by atoms with van der Waals surface area (Å²) in [5.74, 6) is 0.919. The van der Waals surface area contributed by atoms with Crippen molar-refractivity contribution in [2.75, 3.05) is 24.8 Å². The van der Waals surface area contributed by atoms with Crippen molar-refractivity contribution in [3.63, 3.8) is 0 Å². The van der Waals surface area contributed by atoms with Crippen LogP contribution in [0.5, 0.6) is 5.75 Å². The number of hydrogen-bond donors (Lipinski definition) is 1. The molecule has 0 unspecified atom stereocenters. The van der Waals surface area contributed by atoms with Gasteiger partial charge in [-0.1, -0.05) is 6.07 Å². The Morgan fingerprint density at radius 3 is 2.42 bits per heavy atom. The molecule has 0 aromatic heterocycles. The summed E-state index contributed by atoms with van der Waals surface area (Å²) in [7, 11) is 3.74. The molecular weight excluding hydrogens is 236 g/mol. The topological polar surface area (TPSA) is 38.5 Å². The van der Waals surface area contributed by atoms with Gasteiger partial charge in [0, 0.05) is 24.1 Å². The summed E-state index contributed by atoms with van der Waals surface area (Å²) in [4.78, 5) is 2.14. The fourth-order valence-corrected chi connectivity index (χ4v) is 2.23. The Morgan fingerprint density at radius 2 is 1.79 bits per heavy atom. The summed E-state index contributed by atoms with van der Waals surface area (Å²) < 4.78 is 5.35. The van der Waals surface area contributed by atoms with Gasteiger partial charge < -0.3 is 15.4 Å². The van der Waals surface area contributed by atoms with Crippen molar-refractivity contribution < 1.29 is 4.74 Å². The van der Waals surface area contributed by atoms with Crippen molar-refractivity contribution in [1.29, 1.82) is 0 Å². The second-order valence-corrected chi connectivity index (χ2v) is 4.76. The summed E-state index contributed by atoms with van der Waals surface area (Å²) in [6.07, 6.45) is 0. The van der Waals surface area contributed by atoms with Crippen molar-refractivity contribution in [1.82, 2.24) is 0 Å². The van der Waals surface area contributed by atoms with E-state index < -0.39 is 0 Å². The maximum Gasteiger partial charge on any atom is 0.122 e. The lowest BCUT2D eigenvalue weighted by molar-refractivity contribution is 0.411. The molecule has 3 heteroatoms. The number of nitrogen functional groups attached to an aromatic ring is 1. The molecule has 3 nitrogen and oxygen atoms in total. The van der Waals surface area contributed by atoms with Gasteiger partial charge in [0.2, 0.25) is 0 Å². The van der Waals surface area contributed by atoms with E-state index in [9.17, 15) is 0 Å². The first-order chi connectivity index (χ1) is 9.02. The minimum Gasteiger partial charge on any atom is -0.496 e. The van der Waals surface area contributed by atoms with E-state index in [2.05, 4.69) is 36.9 Å². The number of nitrogens with zero attached hydrogens (tertiary/aromatic N) is 1. The Kier molecular flexibility index (Phi) is 3.65. The molecule has 0 amide bonds. The SMILES string of the molecule is COc1cc(C)c(N(C)c2cccc(N)c2)cc1C. The molecule has 0 aliphatic rings. The van der Waals surface area contributed by atoms with E-state index >= 15 is 0 Å². The van der Waals surface area contributed by atoms with Crippen molar-refractivity contribution in [3.8, 4) is 5.75 Å². The Labute approximate surface area is 114 Å². The van der Waals surface area contributed by atoms with Crippen LogP contribution in [-0.4, -0.2) is 14.2 Å². The van der Waals surface area contributed by atoms with Crippen LogP contribution >= 0.6 is 0 Å². The summed E-state index contributed by atoms with van der Waals surface area (Å²) in [5, 5.41) is 0. The zero-order chi connectivity index (χ0) is 14.0. The van der Waals surface area contributed by atoms with Gasteiger partial charge in [-0.25, -0.2) is 0 Å². The second kappa shape index (κ2) is 5.22. The van der Waals surface area contributed by atoms with Gasteiger partial charge in [-0.3, -0.25) is 0 Å². The van der Waals surface area contributed by atoms with Gasteiger partial charge in [0.15, 0.2) is 0 Å². The molecule has 19 heavy (non-hydrogen) atoms. The largest absolute Gasteiger partial charge is 0.496 e. The van der Waals surface area contributed by atoms with E-state index in [4.69, 9.17) is 10.5 Å². The van der Waals surface area contributed by atoms with Crippen LogP contribution in [0.2, 0.25) is 0 Å². The van der Waals surface area contributed by atoms with Gasteiger partial charge >= 0.3 is 0 Å². The predicted octanol–water partition coefficient (Wildman–Crippen LogP) is 3.66. The fourth-order valence-electron chi connectivity index (χ4n) is 2.23. The molecule has 2 aromatic carbocycles. The van der Waals surface area contributed by atoms with Gasteiger partial charge in [0.05, 0.1) is 7.11 Å². The first-order valence-corrected chi connectivity index (χ1v) is 6.27. The van der Waals surface area contributed by atoms with E-state index in [0.29, 0.717) is 0 Å². The quantitative estimate of drug-likeness (QED) is 0.852. The molecule has 0 atom stereocenters. The maximum atomic E-state index is 5.84. The van der Waals surface area contributed by atoms with Crippen molar-refractivity contribution in [2.24, 2.45) is 0 Å². The smallest absolute Gasteiger partial charge is 0.122 e. The highest BCUT2D eigenvalue weighted by molar-refractivity contribution is 5.70. The zero-order valence-electron chi connectivity index (χ0n) is 11.9. The van der Waals surface area contributed by atoms with Crippen molar-refractivity contribution >= 4 is 17.1 Å². The number of methoxy groups -OCH3 is 1. The van der Waals surface area contributed by atoms with Gasteiger partial charge in [-0.15, -0.1) is 0 Å². The van der Waals surface area contributed by atoms with E-state index in [0.717, 1.165) is 28.4 Å². The monoisotopic (exact) mass is 256 g/mol. The van der Waals surface area contributed by atoms with Gasteiger partial charge in [0.25, 0.3) is 0 Å². The van der Waals surface area contributed by atoms with E-state index in [-0.39, 0.29) is 0 Å². The number of rotatable bonds is 3. The molecule has 0 spiro atoms. The Bertz CT molecular complexity index is 593. The van der Waals surface area contributed by atoms with E-state index in [1.165, 1.54) is 5.56 Å². The van der Waals surface area contributed by atoms with Crippen LogP contribution in [0.3, 0.4) is 0 Å². The van der Waals surface area contributed by atoms with Crippen molar-refractivity contribution in [2.45, 2.75) is 13.8 Å². The Hall–Kier alpha value is -2.16. The molecule has 0 heterocycles. The molecule has 100 valence electrons. The lowest BCUT2D eigenvalue weighted by atomic mass is 10.1. The average molecular weight is 256 g/mol. The molecule has 0 fully saturated rings. The van der Waals surface area contributed by atoms with Crippen LogP contribution in [0, 0.1) is 13.8 Å². The standard InChI is InChI=1S/C16H20N2O/c1-11-9-16(19-4)12(2)8-15(11)18(3)14-7-5-6-13(17)10-14/h5-10H,17H2,1-4H3. The number of nitrogens with two attached hydrogens (primary N) is 1. The molecular formula is C16H20N2O. The first-order valence-electron chi connectivity index (χ1n) is 6.27. The molecule has 2 N–H and O–H groups in total.